The zero-order chi connectivity index (χ0) is 27.0. The van der Waals surface area contributed by atoms with Crippen LogP contribution in [-0.2, 0) is 17.6 Å². The number of carboxylic acids is 1. The molecule has 1 N–H and O–H groups in total. The van der Waals surface area contributed by atoms with E-state index >= 15 is 0 Å². The lowest BCUT2D eigenvalue weighted by atomic mass is 10.0. The van der Waals surface area contributed by atoms with Gasteiger partial charge < -0.3 is 14.6 Å². The molecule has 1 unspecified atom stereocenters. The van der Waals surface area contributed by atoms with E-state index in [1.54, 1.807) is 43.3 Å². The summed E-state index contributed by atoms with van der Waals surface area (Å²) in [6.07, 6.45) is -2.23. The van der Waals surface area contributed by atoms with Crippen LogP contribution >= 0.6 is 11.3 Å². The normalized spacial score (nSPS) is 17.6. The fourth-order valence-electron chi connectivity index (χ4n) is 4.88. The SMILES string of the molecule is Cc1c(COc2cc(F)c3c(c2)OCC(CN2CCC(C(=O)O)C2)=C3)sc(C(F)(F)F)c1-c1ccccc1. The van der Waals surface area contributed by atoms with E-state index in [-0.39, 0.29) is 35.8 Å². The molecule has 2 aliphatic heterocycles. The Kier molecular flexibility index (Phi) is 7.19. The van der Waals surface area contributed by atoms with E-state index in [9.17, 15) is 27.5 Å². The fourth-order valence-corrected chi connectivity index (χ4v) is 5.99. The second kappa shape index (κ2) is 10.4. The standard InChI is InChI=1S/C28H25F4NO4S/c1-16-24(38-26(28(30,31)32)25(16)18-5-3-2-4-6-18)15-36-20-10-22(29)21-9-17(14-37-23(21)11-20)12-33-8-7-19(13-33)27(34)35/h2-6,9-11,19H,7-8,12-15H2,1H3,(H,34,35). The highest BCUT2D eigenvalue weighted by Gasteiger charge is 2.38. The molecule has 0 amide bonds. The number of benzene rings is 2. The quantitative estimate of drug-likeness (QED) is 0.336. The Hall–Kier alpha value is -3.37. The van der Waals surface area contributed by atoms with Crippen LogP contribution < -0.4 is 9.47 Å². The topological polar surface area (TPSA) is 59.0 Å². The monoisotopic (exact) mass is 547 g/mol. The number of hydrogen-bond donors (Lipinski definition) is 1. The van der Waals surface area contributed by atoms with Crippen LogP contribution in [0.2, 0.25) is 0 Å². The molecule has 0 aliphatic carbocycles. The van der Waals surface area contributed by atoms with Gasteiger partial charge in [-0.1, -0.05) is 30.3 Å². The van der Waals surface area contributed by atoms with Gasteiger partial charge in [0.05, 0.1) is 11.5 Å². The zero-order valence-electron chi connectivity index (χ0n) is 20.5. The van der Waals surface area contributed by atoms with Crippen LogP contribution in [0.25, 0.3) is 17.2 Å². The third kappa shape index (κ3) is 5.42. The van der Waals surface area contributed by atoms with Gasteiger partial charge >= 0.3 is 12.1 Å². The summed E-state index contributed by atoms with van der Waals surface area (Å²) in [5, 5.41) is 9.19. The van der Waals surface area contributed by atoms with E-state index in [4.69, 9.17) is 9.47 Å². The minimum atomic E-state index is -4.52. The number of carbonyl (C=O) groups is 1. The first-order valence-electron chi connectivity index (χ1n) is 12.1. The summed E-state index contributed by atoms with van der Waals surface area (Å²) in [5.74, 6) is -1.33. The third-order valence-electron chi connectivity index (χ3n) is 6.81. The molecule has 10 heteroatoms. The average molecular weight is 548 g/mol. The number of hydrogen-bond acceptors (Lipinski definition) is 5. The number of nitrogens with zero attached hydrogens (tertiary/aromatic N) is 1. The van der Waals surface area contributed by atoms with Crippen molar-refractivity contribution < 1.29 is 36.9 Å². The minimum Gasteiger partial charge on any atom is -0.488 e. The Morgan fingerprint density at radius 1 is 1.24 bits per heavy atom. The van der Waals surface area contributed by atoms with E-state index in [1.165, 1.54) is 12.1 Å². The highest BCUT2D eigenvalue weighted by molar-refractivity contribution is 7.12. The molecule has 2 aliphatic rings. The second-order valence-corrected chi connectivity index (χ2v) is 10.6. The van der Waals surface area contributed by atoms with E-state index < -0.39 is 28.8 Å². The first-order chi connectivity index (χ1) is 18.1. The van der Waals surface area contributed by atoms with E-state index in [0.29, 0.717) is 53.4 Å². The van der Waals surface area contributed by atoms with Crippen molar-refractivity contribution in [3.63, 3.8) is 0 Å². The van der Waals surface area contributed by atoms with Gasteiger partial charge in [0.1, 0.15) is 35.4 Å². The van der Waals surface area contributed by atoms with Crippen molar-refractivity contribution in [2.75, 3.05) is 26.2 Å². The summed E-state index contributed by atoms with van der Waals surface area (Å²) in [7, 11) is 0. The molecule has 1 fully saturated rings. The van der Waals surface area contributed by atoms with Gasteiger partial charge in [0, 0.05) is 35.7 Å². The molecular weight excluding hydrogens is 522 g/mol. The maximum atomic E-state index is 15.0. The Bertz CT molecular complexity index is 1380. The molecule has 200 valence electrons. The van der Waals surface area contributed by atoms with Crippen LogP contribution in [0.3, 0.4) is 0 Å². The maximum Gasteiger partial charge on any atom is 0.426 e. The third-order valence-corrected chi connectivity index (χ3v) is 8.12. The number of ether oxygens (including phenoxy) is 2. The number of alkyl halides is 3. The number of aliphatic carboxylic acids is 1. The lowest BCUT2D eigenvalue weighted by Gasteiger charge is -2.23. The predicted molar refractivity (Wildman–Crippen MR) is 136 cm³/mol. The van der Waals surface area contributed by atoms with Crippen LogP contribution in [0.4, 0.5) is 17.6 Å². The van der Waals surface area contributed by atoms with E-state index in [1.807, 2.05) is 4.90 Å². The Labute approximate surface area is 220 Å². The molecule has 3 heterocycles. The molecule has 5 rings (SSSR count). The largest absolute Gasteiger partial charge is 0.488 e. The van der Waals surface area contributed by atoms with Crippen molar-refractivity contribution in [3.8, 4) is 22.6 Å². The van der Waals surface area contributed by atoms with Gasteiger partial charge in [-0.05, 0) is 42.7 Å². The maximum absolute atomic E-state index is 15.0. The molecule has 0 bridgehead atoms. The number of halogens is 4. The lowest BCUT2D eigenvalue weighted by Crippen LogP contribution is -2.27. The van der Waals surface area contributed by atoms with Crippen molar-refractivity contribution in [1.82, 2.24) is 4.90 Å². The van der Waals surface area contributed by atoms with Gasteiger partial charge in [-0.25, -0.2) is 4.39 Å². The zero-order valence-corrected chi connectivity index (χ0v) is 21.3. The molecular formula is C28H25F4NO4S. The minimum absolute atomic E-state index is 0.131. The molecule has 1 atom stereocenters. The lowest BCUT2D eigenvalue weighted by molar-refractivity contribution is -0.141. The molecule has 1 aromatic heterocycles. The van der Waals surface area contributed by atoms with Crippen molar-refractivity contribution in [2.24, 2.45) is 5.92 Å². The summed E-state index contributed by atoms with van der Waals surface area (Å²) in [4.78, 5) is 12.9. The molecule has 2 aromatic carbocycles. The molecule has 3 aromatic rings. The van der Waals surface area contributed by atoms with Gasteiger partial charge in [-0.2, -0.15) is 13.2 Å². The second-order valence-electron chi connectivity index (χ2n) is 9.47. The van der Waals surface area contributed by atoms with Gasteiger partial charge in [0.25, 0.3) is 0 Å². The van der Waals surface area contributed by atoms with Crippen LogP contribution in [0.5, 0.6) is 11.5 Å². The van der Waals surface area contributed by atoms with Crippen molar-refractivity contribution >= 4 is 23.4 Å². The summed E-state index contributed by atoms with van der Waals surface area (Å²) in [6.45, 7) is 3.30. The van der Waals surface area contributed by atoms with Crippen LogP contribution in [0.15, 0.2) is 48.0 Å². The molecule has 0 spiro atoms. The van der Waals surface area contributed by atoms with Crippen LogP contribution in [0.1, 0.15) is 27.3 Å². The Morgan fingerprint density at radius 2 is 2.00 bits per heavy atom. The molecule has 0 radical (unpaired) electrons. The summed E-state index contributed by atoms with van der Waals surface area (Å²) < 4.78 is 68.0. The summed E-state index contributed by atoms with van der Waals surface area (Å²) in [6, 6.07) is 11.1. The van der Waals surface area contributed by atoms with Crippen molar-refractivity contribution in [1.29, 1.82) is 0 Å². The molecule has 1 saturated heterocycles. The van der Waals surface area contributed by atoms with E-state index in [0.717, 1.165) is 5.57 Å². The number of rotatable bonds is 7. The molecule has 38 heavy (non-hydrogen) atoms. The van der Waals surface area contributed by atoms with Crippen LogP contribution in [-0.4, -0.2) is 42.2 Å². The highest BCUT2D eigenvalue weighted by atomic mass is 32.1. The van der Waals surface area contributed by atoms with Crippen molar-refractivity contribution in [2.45, 2.75) is 26.1 Å². The molecule has 5 nitrogen and oxygen atoms in total. The number of thiophene rings is 1. The van der Waals surface area contributed by atoms with Gasteiger partial charge in [-0.15, -0.1) is 11.3 Å². The highest BCUT2D eigenvalue weighted by Crippen LogP contribution is 2.46. The number of fused-ring (bicyclic) bond motifs is 1. The Balaban J connectivity index is 1.32. The number of likely N-dealkylation sites (tertiary alicyclic amines) is 1. The predicted octanol–water partition coefficient (Wildman–Crippen LogP) is 6.64. The van der Waals surface area contributed by atoms with E-state index in [2.05, 4.69) is 0 Å². The van der Waals surface area contributed by atoms with Gasteiger partial charge in [0.2, 0.25) is 0 Å². The smallest absolute Gasteiger partial charge is 0.426 e. The summed E-state index contributed by atoms with van der Waals surface area (Å²) in [5.41, 5.74) is 2.18. The average Bonchev–Trinajstić information content (AvgIpc) is 3.48. The van der Waals surface area contributed by atoms with Crippen LogP contribution in [0, 0.1) is 18.7 Å². The molecule has 0 saturated carbocycles. The number of carboxylic acid groups (broad SMARTS) is 1. The first-order valence-corrected chi connectivity index (χ1v) is 12.9. The first kappa shape index (κ1) is 26.2. The van der Waals surface area contributed by atoms with Gasteiger partial charge in [0.15, 0.2) is 0 Å². The van der Waals surface area contributed by atoms with Gasteiger partial charge in [-0.3, -0.25) is 9.69 Å². The summed E-state index contributed by atoms with van der Waals surface area (Å²) >= 11 is 0.631. The fraction of sp³-hybridized carbons (Fsp3) is 0.321. The van der Waals surface area contributed by atoms with Crippen molar-refractivity contribution in [3.05, 3.63) is 74.7 Å². The Morgan fingerprint density at radius 3 is 2.68 bits per heavy atom.